The van der Waals surface area contributed by atoms with Gasteiger partial charge in [0.25, 0.3) is 0 Å². The van der Waals surface area contributed by atoms with Crippen LogP contribution in [-0.2, 0) is 9.53 Å². The molecule has 1 saturated heterocycles. The molecule has 2 aromatic rings. The van der Waals surface area contributed by atoms with E-state index in [1.807, 2.05) is 0 Å². The monoisotopic (exact) mass is 413 g/mol. The average molecular weight is 413 g/mol. The van der Waals surface area contributed by atoms with Crippen LogP contribution >= 0.6 is 11.8 Å². The van der Waals surface area contributed by atoms with Gasteiger partial charge in [0.05, 0.1) is 11.4 Å². The van der Waals surface area contributed by atoms with E-state index < -0.39 is 11.9 Å². The topological polar surface area (TPSA) is 104 Å². The molecule has 0 bridgehead atoms. The zero-order valence-corrected chi connectivity index (χ0v) is 16.0. The van der Waals surface area contributed by atoms with Gasteiger partial charge in [0.2, 0.25) is 11.1 Å². The number of rotatable bonds is 8. The van der Waals surface area contributed by atoms with Crippen LogP contribution in [0.4, 0.5) is 8.78 Å². The zero-order valence-electron chi connectivity index (χ0n) is 15.2. The highest BCUT2D eigenvalue weighted by Gasteiger charge is 2.22. The number of alkyl halides is 2. The lowest BCUT2D eigenvalue weighted by Gasteiger charge is -2.14. The third-order valence-corrected chi connectivity index (χ3v) is 5.24. The third kappa shape index (κ3) is 5.10. The highest BCUT2D eigenvalue weighted by molar-refractivity contribution is 8.00. The van der Waals surface area contributed by atoms with Crippen molar-refractivity contribution < 1.29 is 23.0 Å². The molecule has 0 unspecified atom stereocenters. The summed E-state index contributed by atoms with van der Waals surface area (Å²) in [4.78, 5) is 12.3. The molecule has 2 heterocycles. The molecule has 1 aliphatic heterocycles. The lowest BCUT2D eigenvalue weighted by Crippen LogP contribution is -2.36. The maximum atomic E-state index is 12.3. The summed E-state index contributed by atoms with van der Waals surface area (Å²) in [6, 6.07) is 5.89. The van der Waals surface area contributed by atoms with Crippen molar-refractivity contribution in [1.29, 1.82) is 0 Å². The molecule has 1 fully saturated rings. The fourth-order valence-corrected chi connectivity index (χ4v) is 3.51. The number of amides is 1. The molecule has 1 aromatic carbocycles. The van der Waals surface area contributed by atoms with Crippen LogP contribution in [0.5, 0.6) is 5.75 Å². The van der Waals surface area contributed by atoms with Crippen molar-refractivity contribution in [3.05, 3.63) is 24.3 Å². The maximum absolute atomic E-state index is 12.3. The first-order chi connectivity index (χ1) is 13.4. The van der Waals surface area contributed by atoms with Gasteiger partial charge in [0.1, 0.15) is 5.75 Å². The molecule has 0 saturated carbocycles. The fraction of sp³-hybridized carbons (Fsp3) is 0.471. The van der Waals surface area contributed by atoms with Crippen molar-refractivity contribution in [2.75, 3.05) is 19.0 Å². The Hall–Kier alpha value is -2.40. The van der Waals surface area contributed by atoms with Gasteiger partial charge in [-0.15, -0.1) is 10.2 Å². The number of nitrogens with zero attached hydrogens (tertiary/aromatic N) is 3. The number of aromatic nitrogens is 3. The summed E-state index contributed by atoms with van der Waals surface area (Å²) in [6.45, 7) is 0.0801. The van der Waals surface area contributed by atoms with Crippen molar-refractivity contribution in [1.82, 2.24) is 20.2 Å². The van der Waals surface area contributed by atoms with Gasteiger partial charge in [-0.05, 0) is 44.0 Å². The van der Waals surface area contributed by atoms with Crippen LogP contribution in [0.25, 0.3) is 11.4 Å². The molecule has 28 heavy (non-hydrogen) atoms. The van der Waals surface area contributed by atoms with E-state index in [2.05, 4.69) is 20.3 Å². The molecule has 1 aromatic heterocycles. The Morgan fingerprint density at radius 2 is 2.18 bits per heavy atom. The quantitative estimate of drug-likeness (QED) is 0.504. The minimum atomic E-state index is -2.89. The number of halogens is 2. The van der Waals surface area contributed by atoms with Crippen LogP contribution < -0.4 is 15.9 Å². The van der Waals surface area contributed by atoms with E-state index in [4.69, 9.17) is 10.6 Å². The van der Waals surface area contributed by atoms with Gasteiger partial charge in [-0.3, -0.25) is 4.79 Å². The van der Waals surface area contributed by atoms with E-state index in [1.165, 1.54) is 28.6 Å². The zero-order chi connectivity index (χ0) is 20.1. The van der Waals surface area contributed by atoms with Gasteiger partial charge in [0.15, 0.2) is 5.82 Å². The first-order valence-electron chi connectivity index (χ1n) is 8.75. The third-order valence-electron chi connectivity index (χ3n) is 4.18. The smallest absolute Gasteiger partial charge is 0.387 e. The summed E-state index contributed by atoms with van der Waals surface area (Å²) in [7, 11) is 0. The van der Waals surface area contributed by atoms with E-state index in [1.54, 1.807) is 19.1 Å². The predicted molar refractivity (Wildman–Crippen MR) is 99.5 cm³/mol. The van der Waals surface area contributed by atoms with Gasteiger partial charge < -0.3 is 20.6 Å². The molecule has 0 radical (unpaired) electrons. The largest absolute Gasteiger partial charge is 0.435 e. The predicted octanol–water partition coefficient (Wildman–Crippen LogP) is 2.04. The molecule has 0 spiro atoms. The summed E-state index contributed by atoms with van der Waals surface area (Å²) in [5.41, 5.74) is 0.582. The number of benzene rings is 1. The molecule has 3 N–H and O–H groups in total. The van der Waals surface area contributed by atoms with Crippen molar-refractivity contribution in [3.63, 3.8) is 0 Å². The van der Waals surface area contributed by atoms with E-state index in [0.717, 1.165) is 19.4 Å². The van der Waals surface area contributed by atoms with E-state index in [9.17, 15) is 13.6 Å². The minimum absolute atomic E-state index is 0.0352. The number of hydrogen-bond donors (Lipinski definition) is 2. The van der Waals surface area contributed by atoms with Crippen LogP contribution in [0.15, 0.2) is 29.4 Å². The number of thioether (sulfide) groups is 1. The number of ether oxygens (including phenoxy) is 2. The summed E-state index contributed by atoms with van der Waals surface area (Å²) in [6.07, 6.45) is 2.03. The Morgan fingerprint density at radius 1 is 1.43 bits per heavy atom. The van der Waals surface area contributed by atoms with Crippen LogP contribution in [0, 0.1) is 0 Å². The van der Waals surface area contributed by atoms with Gasteiger partial charge in [0, 0.05) is 18.7 Å². The molecule has 1 aliphatic rings. The summed E-state index contributed by atoms with van der Waals surface area (Å²) >= 11 is 1.18. The Bertz CT molecular complexity index is 797. The number of carbonyl (C=O) groups excluding carboxylic acids is 1. The van der Waals surface area contributed by atoms with Crippen molar-refractivity contribution in [2.45, 2.75) is 42.9 Å². The van der Waals surface area contributed by atoms with E-state index in [0.29, 0.717) is 23.1 Å². The van der Waals surface area contributed by atoms with Gasteiger partial charge in [-0.1, -0.05) is 11.8 Å². The fourth-order valence-electron chi connectivity index (χ4n) is 2.71. The van der Waals surface area contributed by atoms with Crippen molar-refractivity contribution in [3.8, 4) is 17.1 Å². The highest BCUT2D eigenvalue weighted by atomic mass is 32.2. The molecule has 1 amide bonds. The highest BCUT2D eigenvalue weighted by Crippen LogP contribution is 2.26. The second kappa shape index (κ2) is 9.20. The number of nitrogens with one attached hydrogen (secondary N) is 1. The van der Waals surface area contributed by atoms with E-state index in [-0.39, 0.29) is 17.8 Å². The molecule has 0 aliphatic carbocycles. The summed E-state index contributed by atoms with van der Waals surface area (Å²) < 4.78 is 35.5. The Labute approximate surface area is 164 Å². The van der Waals surface area contributed by atoms with E-state index >= 15 is 0 Å². The standard InChI is InChI=1S/C17H21F2N5O3S/c1-10(15(25)21-9-13-3-2-8-26-13)28-17-23-22-14(24(17)20)11-4-6-12(7-5-11)27-16(18)19/h4-7,10,13,16H,2-3,8-9,20H2,1H3,(H,21,25)/t10-,13-/m0/s1. The maximum Gasteiger partial charge on any atom is 0.387 e. The lowest BCUT2D eigenvalue weighted by molar-refractivity contribution is -0.120. The second-order valence-corrected chi connectivity index (χ2v) is 7.53. The Balaban J connectivity index is 1.59. The summed E-state index contributed by atoms with van der Waals surface area (Å²) in [5, 5.41) is 10.8. The SMILES string of the molecule is C[C@H](Sc1nnc(-c2ccc(OC(F)F)cc2)n1N)C(=O)NC[C@@H]1CCCO1. The van der Waals surface area contributed by atoms with Crippen LogP contribution in [0.3, 0.4) is 0 Å². The van der Waals surface area contributed by atoms with Crippen LogP contribution in [-0.4, -0.2) is 51.9 Å². The van der Waals surface area contributed by atoms with Crippen LogP contribution in [0.1, 0.15) is 19.8 Å². The number of carbonyl (C=O) groups is 1. The molecule has 3 rings (SSSR count). The normalized spacial score (nSPS) is 17.6. The molecule has 2 atom stereocenters. The Morgan fingerprint density at radius 3 is 2.82 bits per heavy atom. The number of nitrogen functional groups attached to an aromatic ring is 1. The molecular weight excluding hydrogens is 392 g/mol. The molecular formula is C17H21F2N5O3S. The summed E-state index contributed by atoms with van der Waals surface area (Å²) in [5.74, 6) is 6.28. The van der Waals surface area contributed by atoms with Crippen molar-refractivity contribution in [2.24, 2.45) is 0 Å². The second-order valence-electron chi connectivity index (χ2n) is 6.22. The Kier molecular flexibility index (Phi) is 6.68. The molecule has 8 nitrogen and oxygen atoms in total. The minimum Gasteiger partial charge on any atom is -0.435 e. The average Bonchev–Trinajstić information content (AvgIpc) is 3.30. The first-order valence-corrected chi connectivity index (χ1v) is 9.63. The first kappa shape index (κ1) is 20.3. The molecule has 11 heteroatoms. The lowest BCUT2D eigenvalue weighted by atomic mass is 10.2. The van der Waals surface area contributed by atoms with Gasteiger partial charge in [-0.25, -0.2) is 4.68 Å². The van der Waals surface area contributed by atoms with Gasteiger partial charge in [-0.2, -0.15) is 8.78 Å². The molecule has 152 valence electrons. The van der Waals surface area contributed by atoms with Crippen molar-refractivity contribution >= 4 is 17.7 Å². The number of nitrogens with two attached hydrogens (primary N) is 1. The van der Waals surface area contributed by atoms with Crippen LogP contribution in [0.2, 0.25) is 0 Å². The van der Waals surface area contributed by atoms with Gasteiger partial charge >= 0.3 is 6.61 Å². The number of hydrogen-bond acceptors (Lipinski definition) is 7.